The quantitative estimate of drug-likeness (QED) is 0.661. The van der Waals surface area contributed by atoms with Crippen LogP contribution in [0.4, 0.5) is 0 Å². The lowest BCUT2D eigenvalue weighted by Crippen LogP contribution is -1.95. The van der Waals surface area contributed by atoms with Crippen molar-refractivity contribution in [1.29, 1.82) is 0 Å². The van der Waals surface area contributed by atoms with Crippen molar-refractivity contribution in [3.05, 3.63) is 70.9 Å². The minimum Gasteiger partial charge on any atom is -0.496 e. The fourth-order valence-corrected chi connectivity index (χ4v) is 2.47. The summed E-state index contributed by atoms with van der Waals surface area (Å²) in [6, 6.07) is 18.2. The van der Waals surface area contributed by atoms with Gasteiger partial charge in [-0.25, -0.2) is 4.98 Å². The third-order valence-corrected chi connectivity index (χ3v) is 3.51. The van der Waals surface area contributed by atoms with Gasteiger partial charge >= 0.3 is 0 Å². The van der Waals surface area contributed by atoms with Gasteiger partial charge in [0.2, 0.25) is 0 Å². The first-order valence-corrected chi connectivity index (χ1v) is 6.81. The number of ether oxygens (including phenoxy) is 1. The monoisotopic (exact) mass is 283 g/mol. The van der Waals surface area contributed by atoms with Crippen LogP contribution >= 0.6 is 11.6 Å². The summed E-state index contributed by atoms with van der Waals surface area (Å²) in [6.45, 7) is 0. The molecule has 0 unspecified atom stereocenters. The number of pyridine rings is 1. The molecular weight excluding hydrogens is 270 g/mol. The van der Waals surface area contributed by atoms with Gasteiger partial charge in [0.15, 0.2) is 0 Å². The van der Waals surface area contributed by atoms with E-state index in [-0.39, 0.29) is 0 Å². The maximum absolute atomic E-state index is 5.93. The van der Waals surface area contributed by atoms with Gasteiger partial charge < -0.3 is 4.74 Å². The average Bonchev–Trinajstić information content (AvgIpc) is 2.48. The normalized spacial score (nSPS) is 10.7. The van der Waals surface area contributed by atoms with Crippen molar-refractivity contribution in [2.24, 2.45) is 0 Å². The molecule has 3 aromatic rings. The van der Waals surface area contributed by atoms with E-state index in [2.05, 4.69) is 23.2 Å². The fourth-order valence-electron chi connectivity index (χ4n) is 2.32. The molecule has 0 fully saturated rings. The first-order chi connectivity index (χ1) is 9.76. The molecule has 0 aliphatic carbocycles. The van der Waals surface area contributed by atoms with Gasteiger partial charge in [-0.2, -0.15) is 0 Å². The zero-order valence-electron chi connectivity index (χ0n) is 11.1. The smallest absolute Gasteiger partial charge is 0.129 e. The highest BCUT2D eigenvalue weighted by molar-refractivity contribution is 6.29. The van der Waals surface area contributed by atoms with Crippen molar-refractivity contribution < 1.29 is 4.74 Å². The van der Waals surface area contributed by atoms with Crippen LogP contribution < -0.4 is 4.74 Å². The predicted molar refractivity (Wildman–Crippen MR) is 82.6 cm³/mol. The van der Waals surface area contributed by atoms with Crippen LogP contribution in [-0.2, 0) is 6.42 Å². The lowest BCUT2D eigenvalue weighted by molar-refractivity contribution is 0.411. The van der Waals surface area contributed by atoms with Crippen molar-refractivity contribution in [1.82, 2.24) is 4.98 Å². The van der Waals surface area contributed by atoms with Crippen LogP contribution in [0, 0.1) is 0 Å². The Hall–Kier alpha value is -2.06. The SMILES string of the molecule is COc1cc2nc(Cl)ccc2cc1Cc1ccccc1. The predicted octanol–water partition coefficient (Wildman–Crippen LogP) is 4.49. The molecule has 1 heterocycles. The van der Waals surface area contributed by atoms with Gasteiger partial charge in [0.05, 0.1) is 12.6 Å². The second-order valence-electron chi connectivity index (χ2n) is 4.65. The Morgan fingerprint density at radius 2 is 1.85 bits per heavy atom. The Balaban J connectivity index is 2.07. The Bertz CT molecular complexity index is 741. The Morgan fingerprint density at radius 3 is 2.60 bits per heavy atom. The summed E-state index contributed by atoms with van der Waals surface area (Å²) < 4.78 is 5.48. The number of fused-ring (bicyclic) bond motifs is 1. The molecule has 1 aromatic heterocycles. The van der Waals surface area contributed by atoms with Crippen molar-refractivity contribution in [3.63, 3.8) is 0 Å². The molecular formula is C17H14ClNO. The number of nitrogens with zero attached hydrogens (tertiary/aromatic N) is 1. The average molecular weight is 284 g/mol. The van der Waals surface area contributed by atoms with Crippen LogP contribution in [0.25, 0.3) is 10.9 Å². The van der Waals surface area contributed by atoms with Crippen molar-refractivity contribution in [3.8, 4) is 5.75 Å². The maximum Gasteiger partial charge on any atom is 0.129 e. The highest BCUT2D eigenvalue weighted by Crippen LogP contribution is 2.27. The molecule has 0 saturated carbocycles. The number of methoxy groups -OCH3 is 1. The summed E-state index contributed by atoms with van der Waals surface area (Å²) in [5.41, 5.74) is 3.26. The van der Waals surface area contributed by atoms with Gasteiger partial charge in [-0.3, -0.25) is 0 Å². The largest absolute Gasteiger partial charge is 0.496 e. The minimum absolute atomic E-state index is 0.496. The molecule has 0 saturated heterocycles. The second-order valence-corrected chi connectivity index (χ2v) is 5.04. The van der Waals surface area contributed by atoms with E-state index in [0.29, 0.717) is 5.15 Å². The van der Waals surface area contributed by atoms with E-state index in [4.69, 9.17) is 16.3 Å². The zero-order chi connectivity index (χ0) is 13.9. The van der Waals surface area contributed by atoms with Gasteiger partial charge in [0.25, 0.3) is 0 Å². The molecule has 2 aromatic carbocycles. The molecule has 3 rings (SSSR count). The molecule has 0 radical (unpaired) electrons. The summed E-state index contributed by atoms with van der Waals surface area (Å²) >= 11 is 5.93. The van der Waals surface area contributed by atoms with Gasteiger partial charge in [0.1, 0.15) is 10.9 Å². The van der Waals surface area contributed by atoms with Crippen LogP contribution in [0.1, 0.15) is 11.1 Å². The lowest BCUT2D eigenvalue weighted by atomic mass is 10.0. The van der Waals surface area contributed by atoms with Crippen LogP contribution in [0.5, 0.6) is 5.75 Å². The summed E-state index contributed by atoms with van der Waals surface area (Å²) in [6.07, 6.45) is 0.836. The van der Waals surface area contributed by atoms with Crippen LogP contribution in [0.2, 0.25) is 5.15 Å². The third kappa shape index (κ3) is 2.61. The Labute approximate surface area is 123 Å². The summed E-state index contributed by atoms with van der Waals surface area (Å²) in [7, 11) is 1.68. The maximum atomic E-state index is 5.93. The van der Waals surface area contributed by atoms with E-state index < -0.39 is 0 Å². The van der Waals surface area contributed by atoms with E-state index >= 15 is 0 Å². The van der Waals surface area contributed by atoms with Gasteiger partial charge in [-0.05, 0) is 29.3 Å². The van der Waals surface area contributed by atoms with E-state index in [1.807, 2.05) is 36.4 Å². The zero-order valence-corrected chi connectivity index (χ0v) is 11.9. The van der Waals surface area contributed by atoms with Gasteiger partial charge in [-0.1, -0.05) is 41.9 Å². The van der Waals surface area contributed by atoms with Gasteiger partial charge in [0, 0.05) is 17.9 Å². The van der Waals surface area contributed by atoms with Crippen LogP contribution in [0.3, 0.4) is 0 Å². The number of hydrogen-bond donors (Lipinski definition) is 0. The number of aromatic nitrogens is 1. The first-order valence-electron chi connectivity index (χ1n) is 6.43. The molecule has 20 heavy (non-hydrogen) atoms. The molecule has 100 valence electrons. The number of halogens is 1. The van der Waals surface area contributed by atoms with E-state index in [1.54, 1.807) is 7.11 Å². The molecule has 0 bridgehead atoms. The second kappa shape index (κ2) is 5.51. The molecule has 0 aliphatic heterocycles. The molecule has 0 aliphatic rings. The molecule has 3 heteroatoms. The number of hydrogen-bond acceptors (Lipinski definition) is 2. The molecule has 2 nitrogen and oxygen atoms in total. The standard InChI is InChI=1S/C17H14ClNO/c1-20-16-11-15-13(7-8-17(18)19-15)10-14(16)9-12-5-3-2-4-6-12/h2-8,10-11H,9H2,1H3. The van der Waals surface area contributed by atoms with Crippen molar-refractivity contribution in [2.45, 2.75) is 6.42 Å². The number of benzene rings is 2. The number of rotatable bonds is 3. The van der Waals surface area contributed by atoms with E-state index in [9.17, 15) is 0 Å². The van der Waals surface area contributed by atoms with E-state index in [1.165, 1.54) is 5.56 Å². The fraction of sp³-hybridized carbons (Fsp3) is 0.118. The minimum atomic E-state index is 0.496. The third-order valence-electron chi connectivity index (χ3n) is 3.29. The summed E-state index contributed by atoms with van der Waals surface area (Å²) in [5.74, 6) is 0.844. The molecule has 0 atom stereocenters. The molecule has 0 N–H and O–H groups in total. The Kier molecular flexibility index (Phi) is 3.57. The molecule has 0 spiro atoms. The van der Waals surface area contributed by atoms with Crippen molar-refractivity contribution >= 4 is 22.5 Å². The van der Waals surface area contributed by atoms with E-state index in [0.717, 1.165) is 28.6 Å². The highest BCUT2D eigenvalue weighted by Gasteiger charge is 2.08. The van der Waals surface area contributed by atoms with Crippen LogP contribution in [0.15, 0.2) is 54.6 Å². The summed E-state index contributed by atoms with van der Waals surface area (Å²) in [5, 5.41) is 1.57. The molecule has 0 amide bonds. The highest BCUT2D eigenvalue weighted by atomic mass is 35.5. The first kappa shape index (κ1) is 12.9. The van der Waals surface area contributed by atoms with Gasteiger partial charge in [-0.15, -0.1) is 0 Å². The van der Waals surface area contributed by atoms with Crippen LogP contribution in [-0.4, -0.2) is 12.1 Å². The lowest BCUT2D eigenvalue weighted by Gasteiger charge is -2.10. The topological polar surface area (TPSA) is 22.1 Å². The van der Waals surface area contributed by atoms with Crippen molar-refractivity contribution in [2.75, 3.05) is 7.11 Å². The Morgan fingerprint density at radius 1 is 1.05 bits per heavy atom. The summed E-state index contributed by atoms with van der Waals surface area (Å²) in [4.78, 5) is 4.32.